The number of aliphatic hydroxyl groups is 1. The first-order valence-corrected chi connectivity index (χ1v) is 7.62. The molecule has 1 aromatic carbocycles. The normalized spacial score (nSPS) is 20.1. The van der Waals surface area contributed by atoms with Gasteiger partial charge >= 0.3 is 0 Å². The van der Waals surface area contributed by atoms with E-state index in [4.69, 9.17) is 0 Å². The van der Waals surface area contributed by atoms with Gasteiger partial charge in [-0.05, 0) is 50.6 Å². The molecule has 0 amide bonds. The Hall–Kier alpha value is -1.71. The van der Waals surface area contributed by atoms with Crippen LogP contribution in [0.1, 0.15) is 37.1 Å². The van der Waals surface area contributed by atoms with Crippen LogP contribution in [0.5, 0.6) is 0 Å². The Balaban J connectivity index is 2.02. The van der Waals surface area contributed by atoms with E-state index in [0.29, 0.717) is 0 Å². The Morgan fingerprint density at radius 1 is 1.05 bits per heavy atom. The predicted molar refractivity (Wildman–Crippen MR) is 83.8 cm³/mol. The van der Waals surface area contributed by atoms with Crippen molar-refractivity contribution in [3.8, 4) is 0 Å². The maximum Gasteiger partial charge on any atom is 0.123 e. The van der Waals surface area contributed by atoms with Crippen molar-refractivity contribution in [3.63, 3.8) is 0 Å². The molecular weight excluding hydrogens is 260 g/mol. The fourth-order valence-electron chi connectivity index (χ4n) is 3.33. The van der Waals surface area contributed by atoms with Crippen LogP contribution in [-0.4, -0.2) is 28.1 Å². The Morgan fingerprint density at radius 2 is 1.71 bits per heavy atom. The topological polar surface area (TPSA) is 36.4 Å². The minimum atomic E-state index is -1.01. The third-order valence-corrected chi connectivity index (χ3v) is 4.34. The van der Waals surface area contributed by atoms with Crippen molar-refractivity contribution in [1.29, 1.82) is 0 Å². The highest BCUT2D eigenvalue weighted by atomic mass is 16.3. The molecule has 0 saturated carbocycles. The number of benzene rings is 1. The van der Waals surface area contributed by atoms with Gasteiger partial charge in [0.1, 0.15) is 5.60 Å². The van der Waals surface area contributed by atoms with E-state index >= 15 is 0 Å². The minimum Gasteiger partial charge on any atom is -0.382 e. The predicted octanol–water partition coefficient (Wildman–Crippen LogP) is 3.13. The second-order valence-electron chi connectivity index (χ2n) is 5.92. The number of hydrogen-bond donors (Lipinski definition) is 1. The van der Waals surface area contributed by atoms with Crippen molar-refractivity contribution >= 4 is 0 Å². The zero-order chi connectivity index (χ0) is 14.7. The average molecular weight is 282 g/mol. The smallest absolute Gasteiger partial charge is 0.123 e. The van der Waals surface area contributed by atoms with Gasteiger partial charge < -0.3 is 5.11 Å². The van der Waals surface area contributed by atoms with Crippen molar-refractivity contribution < 1.29 is 5.11 Å². The van der Waals surface area contributed by atoms with Crippen LogP contribution >= 0.6 is 0 Å². The summed E-state index contributed by atoms with van der Waals surface area (Å²) in [4.78, 5) is 6.77. The molecule has 1 N–H and O–H groups in total. The first-order valence-electron chi connectivity index (χ1n) is 7.62. The Labute approximate surface area is 126 Å². The van der Waals surface area contributed by atoms with E-state index in [1.807, 2.05) is 43.3 Å². The average Bonchev–Trinajstić information content (AvgIpc) is 3.03. The van der Waals surface area contributed by atoms with Gasteiger partial charge in [-0.15, -0.1) is 0 Å². The molecule has 2 atom stereocenters. The molecule has 3 nitrogen and oxygen atoms in total. The van der Waals surface area contributed by atoms with Gasteiger partial charge in [-0.25, -0.2) is 0 Å². The fraction of sp³-hybridized carbons (Fsp3) is 0.389. The van der Waals surface area contributed by atoms with Crippen LogP contribution in [0.4, 0.5) is 0 Å². The summed E-state index contributed by atoms with van der Waals surface area (Å²) in [6.45, 7) is 3.94. The number of pyridine rings is 1. The van der Waals surface area contributed by atoms with E-state index in [0.717, 1.165) is 24.3 Å². The second kappa shape index (κ2) is 5.96. The standard InChI is InChI=1S/C18H22N2O/c1-18(21,16-11-5-6-12-19-16)17(20-13-7-8-14-20)15-9-3-2-4-10-15/h2-6,9-12,17,21H,7-8,13-14H2,1H3. The summed E-state index contributed by atoms with van der Waals surface area (Å²) in [7, 11) is 0. The third kappa shape index (κ3) is 2.85. The lowest BCUT2D eigenvalue weighted by molar-refractivity contribution is -0.0369. The van der Waals surface area contributed by atoms with E-state index < -0.39 is 5.60 Å². The quantitative estimate of drug-likeness (QED) is 0.936. The minimum absolute atomic E-state index is 0.0592. The van der Waals surface area contributed by atoms with Crippen LogP contribution in [0, 0.1) is 0 Å². The summed E-state index contributed by atoms with van der Waals surface area (Å²) in [6, 6.07) is 15.9. The van der Waals surface area contributed by atoms with Gasteiger partial charge in [0.05, 0.1) is 11.7 Å². The van der Waals surface area contributed by atoms with Crippen LogP contribution in [0.3, 0.4) is 0 Å². The monoisotopic (exact) mass is 282 g/mol. The largest absolute Gasteiger partial charge is 0.382 e. The van der Waals surface area contributed by atoms with Crippen LogP contribution in [0.2, 0.25) is 0 Å². The summed E-state index contributed by atoms with van der Waals surface area (Å²) in [5, 5.41) is 11.3. The molecule has 2 aromatic rings. The zero-order valence-corrected chi connectivity index (χ0v) is 12.4. The molecule has 3 heteroatoms. The highest BCUT2D eigenvalue weighted by Gasteiger charge is 2.40. The van der Waals surface area contributed by atoms with Crippen molar-refractivity contribution in [2.24, 2.45) is 0 Å². The SMILES string of the molecule is CC(O)(c1ccccn1)C(c1ccccc1)N1CCCC1. The van der Waals surface area contributed by atoms with Crippen LogP contribution < -0.4 is 0 Å². The molecule has 1 aromatic heterocycles. The number of rotatable bonds is 4. The fourth-order valence-corrected chi connectivity index (χ4v) is 3.33. The highest BCUT2D eigenvalue weighted by Crippen LogP contribution is 2.39. The molecular formula is C18H22N2O. The molecule has 1 saturated heterocycles. The van der Waals surface area contributed by atoms with E-state index in [2.05, 4.69) is 22.0 Å². The molecule has 0 aliphatic carbocycles. The van der Waals surface area contributed by atoms with Gasteiger partial charge in [0.2, 0.25) is 0 Å². The van der Waals surface area contributed by atoms with Gasteiger partial charge in [-0.2, -0.15) is 0 Å². The Bertz CT molecular complexity index is 562. The van der Waals surface area contributed by atoms with Gasteiger partial charge in [0, 0.05) is 6.20 Å². The maximum absolute atomic E-state index is 11.3. The third-order valence-electron chi connectivity index (χ3n) is 4.34. The molecule has 1 fully saturated rings. The highest BCUT2D eigenvalue weighted by molar-refractivity contribution is 5.26. The molecule has 1 aliphatic heterocycles. The zero-order valence-electron chi connectivity index (χ0n) is 12.4. The van der Waals surface area contributed by atoms with Gasteiger partial charge in [-0.1, -0.05) is 36.4 Å². The number of aromatic nitrogens is 1. The van der Waals surface area contributed by atoms with Crippen molar-refractivity contribution in [2.75, 3.05) is 13.1 Å². The van der Waals surface area contributed by atoms with Gasteiger partial charge in [0.15, 0.2) is 0 Å². The lowest BCUT2D eigenvalue weighted by atomic mass is 9.86. The molecule has 0 spiro atoms. The second-order valence-corrected chi connectivity index (χ2v) is 5.92. The first kappa shape index (κ1) is 14.2. The summed E-state index contributed by atoms with van der Waals surface area (Å²) >= 11 is 0. The first-order chi connectivity index (χ1) is 10.2. The molecule has 2 heterocycles. The van der Waals surface area contributed by atoms with Crippen molar-refractivity contribution in [2.45, 2.75) is 31.4 Å². The maximum atomic E-state index is 11.3. The molecule has 21 heavy (non-hydrogen) atoms. The number of hydrogen-bond acceptors (Lipinski definition) is 3. The van der Waals surface area contributed by atoms with Crippen LogP contribution in [0.25, 0.3) is 0 Å². The molecule has 3 rings (SSSR count). The van der Waals surface area contributed by atoms with E-state index in [9.17, 15) is 5.11 Å². The molecule has 0 bridgehead atoms. The summed E-state index contributed by atoms with van der Waals surface area (Å²) < 4.78 is 0. The summed E-state index contributed by atoms with van der Waals surface area (Å²) in [6.07, 6.45) is 4.14. The number of likely N-dealkylation sites (tertiary alicyclic amines) is 1. The summed E-state index contributed by atoms with van der Waals surface area (Å²) in [5.74, 6) is 0. The Morgan fingerprint density at radius 3 is 2.33 bits per heavy atom. The Kier molecular flexibility index (Phi) is 4.04. The van der Waals surface area contributed by atoms with Gasteiger partial charge in [0.25, 0.3) is 0 Å². The lowest BCUT2D eigenvalue weighted by Gasteiger charge is -2.39. The molecule has 1 aliphatic rings. The summed E-state index contributed by atoms with van der Waals surface area (Å²) in [5.41, 5.74) is 0.869. The van der Waals surface area contributed by atoms with E-state index in [1.165, 1.54) is 12.8 Å². The molecule has 2 unspecified atom stereocenters. The van der Waals surface area contributed by atoms with Crippen LogP contribution in [-0.2, 0) is 5.60 Å². The van der Waals surface area contributed by atoms with Crippen LogP contribution in [0.15, 0.2) is 54.7 Å². The van der Waals surface area contributed by atoms with Crippen molar-refractivity contribution in [1.82, 2.24) is 9.88 Å². The van der Waals surface area contributed by atoms with Gasteiger partial charge in [-0.3, -0.25) is 9.88 Å². The molecule has 110 valence electrons. The molecule has 0 radical (unpaired) electrons. The van der Waals surface area contributed by atoms with E-state index in [1.54, 1.807) is 6.20 Å². The lowest BCUT2D eigenvalue weighted by Crippen LogP contribution is -2.41. The number of nitrogens with zero attached hydrogens (tertiary/aromatic N) is 2. The van der Waals surface area contributed by atoms with E-state index in [-0.39, 0.29) is 6.04 Å². The van der Waals surface area contributed by atoms with Crippen molar-refractivity contribution in [3.05, 3.63) is 66.0 Å².